The SMILES string of the molecule is C=C(CCC(C)C/C=C/N1CCOC1=O)OC(C)=O. The first-order valence-corrected chi connectivity index (χ1v) is 6.45. The van der Waals surface area contributed by atoms with E-state index in [0.29, 0.717) is 31.2 Å². The minimum absolute atomic E-state index is 0.285. The number of cyclic esters (lactones) is 1. The zero-order chi connectivity index (χ0) is 14.3. The molecule has 1 aliphatic heterocycles. The zero-order valence-electron chi connectivity index (χ0n) is 11.6. The summed E-state index contributed by atoms with van der Waals surface area (Å²) in [6.07, 6.45) is 5.86. The molecular formula is C14H21NO4. The van der Waals surface area contributed by atoms with Gasteiger partial charge in [-0.25, -0.2) is 4.79 Å². The van der Waals surface area contributed by atoms with Gasteiger partial charge in [0.1, 0.15) is 12.4 Å². The Morgan fingerprint density at radius 2 is 2.37 bits per heavy atom. The molecule has 5 nitrogen and oxygen atoms in total. The molecule has 0 aliphatic carbocycles. The maximum Gasteiger partial charge on any atom is 0.413 e. The van der Waals surface area contributed by atoms with Crippen LogP contribution in [0.1, 0.15) is 33.1 Å². The number of allylic oxidation sites excluding steroid dienone is 2. The van der Waals surface area contributed by atoms with Crippen molar-refractivity contribution in [2.75, 3.05) is 13.2 Å². The Hall–Kier alpha value is -1.78. The van der Waals surface area contributed by atoms with E-state index < -0.39 is 0 Å². The van der Waals surface area contributed by atoms with E-state index in [4.69, 9.17) is 9.47 Å². The summed E-state index contributed by atoms with van der Waals surface area (Å²) in [7, 11) is 0. The quantitative estimate of drug-likeness (QED) is 0.525. The van der Waals surface area contributed by atoms with Gasteiger partial charge in [0, 0.05) is 19.5 Å². The number of carbonyl (C=O) groups is 2. The summed E-state index contributed by atoms with van der Waals surface area (Å²) in [6.45, 7) is 8.24. The van der Waals surface area contributed by atoms with Crippen LogP contribution in [0.4, 0.5) is 4.79 Å². The van der Waals surface area contributed by atoms with Crippen LogP contribution in [0.5, 0.6) is 0 Å². The highest BCUT2D eigenvalue weighted by Gasteiger charge is 2.18. The van der Waals surface area contributed by atoms with Gasteiger partial charge in [-0.05, 0) is 18.8 Å². The van der Waals surface area contributed by atoms with E-state index in [1.807, 2.05) is 6.08 Å². The van der Waals surface area contributed by atoms with Crippen molar-refractivity contribution in [2.24, 2.45) is 5.92 Å². The summed E-state index contributed by atoms with van der Waals surface area (Å²) < 4.78 is 9.69. The predicted octanol–water partition coefficient (Wildman–Crippen LogP) is 2.84. The first kappa shape index (κ1) is 15.3. The number of esters is 1. The van der Waals surface area contributed by atoms with E-state index in [2.05, 4.69) is 13.5 Å². The molecule has 0 aromatic carbocycles. The fraction of sp³-hybridized carbons (Fsp3) is 0.571. The molecule has 0 radical (unpaired) electrons. The maximum absolute atomic E-state index is 11.2. The van der Waals surface area contributed by atoms with E-state index in [0.717, 1.165) is 12.8 Å². The Morgan fingerprint density at radius 1 is 1.63 bits per heavy atom. The first-order valence-electron chi connectivity index (χ1n) is 6.45. The lowest BCUT2D eigenvalue weighted by Crippen LogP contribution is -2.16. The number of ether oxygens (including phenoxy) is 2. The van der Waals surface area contributed by atoms with E-state index in [1.54, 1.807) is 11.1 Å². The fourth-order valence-corrected chi connectivity index (χ4v) is 1.74. The van der Waals surface area contributed by atoms with Crippen LogP contribution >= 0.6 is 0 Å². The van der Waals surface area contributed by atoms with E-state index >= 15 is 0 Å². The Labute approximate surface area is 113 Å². The van der Waals surface area contributed by atoms with Crippen LogP contribution in [0.2, 0.25) is 0 Å². The monoisotopic (exact) mass is 267 g/mol. The Kier molecular flexibility index (Phi) is 6.12. The van der Waals surface area contributed by atoms with Gasteiger partial charge in [0.2, 0.25) is 0 Å². The highest BCUT2D eigenvalue weighted by Crippen LogP contribution is 2.16. The second-order valence-electron chi connectivity index (χ2n) is 4.70. The van der Waals surface area contributed by atoms with Gasteiger partial charge in [0.25, 0.3) is 0 Å². The van der Waals surface area contributed by atoms with Crippen molar-refractivity contribution in [3.63, 3.8) is 0 Å². The molecule has 19 heavy (non-hydrogen) atoms. The molecule has 1 saturated heterocycles. The van der Waals surface area contributed by atoms with Gasteiger partial charge < -0.3 is 9.47 Å². The van der Waals surface area contributed by atoms with Gasteiger partial charge in [-0.1, -0.05) is 19.6 Å². The van der Waals surface area contributed by atoms with Gasteiger partial charge >= 0.3 is 12.1 Å². The second-order valence-corrected chi connectivity index (χ2v) is 4.70. The molecule has 0 bridgehead atoms. The summed E-state index contributed by atoms with van der Waals surface area (Å²) in [5.74, 6) is 0.610. The molecule has 1 heterocycles. The lowest BCUT2D eigenvalue weighted by Gasteiger charge is -2.11. The largest absolute Gasteiger partial charge is 0.447 e. The molecule has 1 aliphatic rings. The van der Waals surface area contributed by atoms with E-state index in [-0.39, 0.29) is 12.1 Å². The molecule has 1 atom stereocenters. The molecule has 1 rings (SSSR count). The fourth-order valence-electron chi connectivity index (χ4n) is 1.74. The standard InChI is InChI=1S/C14H21NO4/c1-11(6-7-12(2)19-13(3)16)5-4-8-15-9-10-18-14(15)17/h4,8,11H,2,5-7,9-10H2,1,3H3/b8-4+. The van der Waals surface area contributed by atoms with Crippen molar-refractivity contribution in [1.82, 2.24) is 4.90 Å². The van der Waals surface area contributed by atoms with Crippen molar-refractivity contribution >= 4 is 12.1 Å². The molecule has 1 amide bonds. The van der Waals surface area contributed by atoms with Gasteiger partial charge in [-0.15, -0.1) is 0 Å². The van der Waals surface area contributed by atoms with Gasteiger partial charge in [0.05, 0.1) is 6.54 Å². The third-order valence-electron chi connectivity index (χ3n) is 2.82. The minimum atomic E-state index is -0.329. The molecular weight excluding hydrogens is 246 g/mol. The highest BCUT2D eigenvalue weighted by atomic mass is 16.6. The average molecular weight is 267 g/mol. The summed E-state index contributed by atoms with van der Waals surface area (Å²) in [6, 6.07) is 0. The molecule has 1 fully saturated rings. The average Bonchev–Trinajstić information content (AvgIpc) is 2.72. The number of nitrogens with zero attached hydrogens (tertiary/aromatic N) is 1. The molecule has 0 aromatic rings. The number of hydrogen-bond donors (Lipinski definition) is 0. The molecule has 0 aromatic heterocycles. The van der Waals surface area contributed by atoms with Crippen molar-refractivity contribution < 1.29 is 19.1 Å². The first-order chi connectivity index (χ1) is 8.99. The molecule has 0 N–H and O–H groups in total. The Balaban J connectivity index is 2.18. The molecule has 0 saturated carbocycles. The van der Waals surface area contributed by atoms with Gasteiger partial charge in [-0.3, -0.25) is 9.69 Å². The van der Waals surface area contributed by atoms with E-state index in [9.17, 15) is 9.59 Å². The lowest BCUT2D eigenvalue weighted by molar-refractivity contribution is -0.137. The molecule has 106 valence electrons. The number of rotatable bonds is 7. The van der Waals surface area contributed by atoms with Crippen LogP contribution in [-0.2, 0) is 14.3 Å². The number of carbonyl (C=O) groups excluding carboxylic acids is 2. The minimum Gasteiger partial charge on any atom is -0.447 e. The second kappa shape index (κ2) is 7.61. The van der Waals surface area contributed by atoms with Crippen LogP contribution in [0.25, 0.3) is 0 Å². The van der Waals surface area contributed by atoms with Crippen molar-refractivity contribution in [3.05, 3.63) is 24.6 Å². The molecule has 1 unspecified atom stereocenters. The third kappa shape index (κ3) is 6.08. The number of amides is 1. The topological polar surface area (TPSA) is 55.8 Å². The van der Waals surface area contributed by atoms with Crippen LogP contribution in [-0.4, -0.2) is 30.1 Å². The summed E-state index contributed by atoms with van der Waals surface area (Å²) in [5.41, 5.74) is 0. The van der Waals surface area contributed by atoms with Crippen LogP contribution in [0, 0.1) is 5.92 Å². The normalized spacial score (nSPS) is 16.5. The summed E-state index contributed by atoms with van der Waals surface area (Å²) in [5, 5.41) is 0. The smallest absolute Gasteiger partial charge is 0.413 e. The number of hydrogen-bond acceptors (Lipinski definition) is 4. The zero-order valence-corrected chi connectivity index (χ0v) is 11.6. The van der Waals surface area contributed by atoms with Crippen LogP contribution in [0.3, 0.4) is 0 Å². The molecule has 5 heteroatoms. The highest BCUT2D eigenvalue weighted by molar-refractivity contribution is 5.70. The van der Waals surface area contributed by atoms with Crippen molar-refractivity contribution in [3.8, 4) is 0 Å². The van der Waals surface area contributed by atoms with Crippen LogP contribution in [0.15, 0.2) is 24.6 Å². The van der Waals surface area contributed by atoms with E-state index in [1.165, 1.54) is 6.92 Å². The Bertz CT molecular complexity index is 376. The maximum atomic E-state index is 11.2. The molecule has 0 spiro atoms. The third-order valence-corrected chi connectivity index (χ3v) is 2.82. The summed E-state index contributed by atoms with van der Waals surface area (Å²) >= 11 is 0. The Morgan fingerprint density at radius 3 is 2.95 bits per heavy atom. The predicted molar refractivity (Wildman–Crippen MR) is 71.1 cm³/mol. The lowest BCUT2D eigenvalue weighted by atomic mass is 10.0. The van der Waals surface area contributed by atoms with Gasteiger partial charge in [0.15, 0.2) is 0 Å². The summed E-state index contributed by atoms with van der Waals surface area (Å²) in [4.78, 5) is 23.4. The van der Waals surface area contributed by atoms with Gasteiger partial charge in [-0.2, -0.15) is 0 Å². The van der Waals surface area contributed by atoms with Crippen molar-refractivity contribution in [1.29, 1.82) is 0 Å². The van der Waals surface area contributed by atoms with Crippen molar-refractivity contribution in [2.45, 2.75) is 33.1 Å². The van der Waals surface area contributed by atoms with Crippen LogP contribution < -0.4 is 0 Å².